The molecule has 0 atom stereocenters. The molecule has 0 aliphatic heterocycles. The second kappa shape index (κ2) is 10.5. The van der Waals surface area contributed by atoms with Crippen LogP contribution in [0.15, 0.2) is 148 Å². The molecular formula is C32H25O2S+. The molecule has 0 aliphatic carbocycles. The van der Waals surface area contributed by atoms with Crippen LogP contribution in [0.1, 0.15) is 10.4 Å². The summed E-state index contributed by atoms with van der Waals surface area (Å²) in [4.78, 5) is 15.9. The van der Waals surface area contributed by atoms with Gasteiger partial charge in [-0.25, -0.2) is 4.79 Å². The van der Waals surface area contributed by atoms with Gasteiger partial charge in [-0.05, 0) is 82.9 Å². The maximum atomic E-state index is 12.7. The zero-order valence-electron chi connectivity index (χ0n) is 19.4. The summed E-state index contributed by atoms with van der Waals surface area (Å²) in [7, 11) is 0.953. The first kappa shape index (κ1) is 22.7. The third kappa shape index (κ3) is 4.91. The Morgan fingerprint density at radius 1 is 0.514 bits per heavy atom. The van der Waals surface area contributed by atoms with E-state index in [2.05, 4.69) is 97.1 Å². The zero-order valence-corrected chi connectivity index (χ0v) is 20.2. The number of carbonyl (C=O) groups is 1. The largest absolute Gasteiger partial charge is 0.465 e. The third-order valence-electron chi connectivity index (χ3n) is 5.91. The van der Waals surface area contributed by atoms with E-state index in [0.717, 1.165) is 14.7 Å². The van der Waals surface area contributed by atoms with Gasteiger partial charge in [0.1, 0.15) is 16.5 Å². The topological polar surface area (TPSA) is 26.3 Å². The summed E-state index contributed by atoms with van der Waals surface area (Å²) in [6, 6.07) is 45.8. The van der Waals surface area contributed by atoms with Crippen molar-refractivity contribution in [1.29, 1.82) is 0 Å². The summed E-state index contributed by atoms with van der Waals surface area (Å²) in [5.41, 5.74) is 5.29. The lowest BCUT2D eigenvalue weighted by molar-refractivity contribution is 0.0596. The van der Waals surface area contributed by atoms with Gasteiger partial charge in [-0.2, -0.15) is 0 Å². The Morgan fingerprint density at radius 2 is 0.914 bits per heavy atom. The van der Waals surface area contributed by atoms with E-state index in [1.807, 2.05) is 36.4 Å². The molecule has 0 saturated heterocycles. The molecule has 0 saturated carbocycles. The molecule has 2 nitrogen and oxygen atoms in total. The second-order valence-corrected chi connectivity index (χ2v) is 10.1. The SMILES string of the molecule is COC(=O)c1ccccc1[S+](c1ccc(-c2ccccc2)cc1)c1ccc(-c2ccccc2)cc1. The molecule has 0 unspecified atom stereocenters. The van der Waals surface area contributed by atoms with Crippen LogP contribution in [0.2, 0.25) is 0 Å². The highest BCUT2D eigenvalue weighted by Gasteiger charge is 2.33. The molecule has 0 aromatic heterocycles. The molecule has 0 spiro atoms. The van der Waals surface area contributed by atoms with Crippen molar-refractivity contribution in [2.24, 2.45) is 0 Å². The summed E-state index contributed by atoms with van der Waals surface area (Å²) in [5.74, 6) is -0.320. The van der Waals surface area contributed by atoms with E-state index in [4.69, 9.17) is 4.74 Å². The highest BCUT2D eigenvalue weighted by atomic mass is 32.2. The average Bonchev–Trinajstić information content (AvgIpc) is 2.95. The maximum absolute atomic E-state index is 12.7. The molecule has 170 valence electrons. The van der Waals surface area contributed by atoms with Gasteiger partial charge in [0.25, 0.3) is 0 Å². The Labute approximate surface area is 209 Å². The summed E-state index contributed by atoms with van der Waals surface area (Å²) in [6.07, 6.45) is 0. The minimum absolute atomic E-state index is 0.320. The van der Waals surface area contributed by atoms with Crippen LogP contribution < -0.4 is 0 Å². The van der Waals surface area contributed by atoms with Crippen LogP contribution >= 0.6 is 0 Å². The Kier molecular flexibility index (Phi) is 6.78. The van der Waals surface area contributed by atoms with Gasteiger partial charge in [0, 0.05) is 0 Å². The molecule has 0 amide bonds. The van der Waals surface area contributed by atoms with Crippen molar-refractivity contribution in [3.8, 4) is 22.3 Å². The van der Waals surface area contributed by atoms with Crippen molar-refractivity contribution < 1.29 is 9.53 Å². The van der Waals surface area contributed by atoms with E-state index in [0.29, 0.717) is 5.56 Å². The van der Waals surface area contributed by atoms with Gasteiger partial charge < -0.3 is 4.74 Å². The highest BCUT2D eigenvalue weighted by Crippen LogP contribution is 2.35. The molecule has 0 fully saturated rings. The standard InChI is InChI=1S/C32H25O2S/c1-34-32(33)30-14-8-9-15-31(30)35(28-20-16-26(17-21-28)24-10-4-2-5-11-24)29-22-18-27(19-23-29)25-12-6-3-7-13-25/h2-23H,1H3/q+1. The first-order valence-electron chi connectivity index (χ1n) is 11.5. The van der Waals surface area contributed by atoms with E-state index < -0.39 is 10.9 Å². The number of ether oxygens (including phenoxy) is 1. The number of hydrogen-bond acceptors (Lipinski definition) is 2. The number of benzene rings is 5. The van der Waals surface area contributed by atoms with Crippen molar-refractivity contribution >= 4 is 16.9 Å². The Morgan fingerprint density at radius 3 is 1.37 bits per heavy atom. The van der Waals surface area contributed by atoms with E-state index in [1.165, 1.54) is 29.4 Å². The number of hydrogen-bond donors (Lipinski definition) is 0. The Hall–Kier alpha value is -4.08. The Bertz CT molecular complexity index is 1330. The van der Waals surface area contributed by atoms with Gasteiger partial charge in [-0.3, -0.25) is 0 Å². The first-order chi connectivity index (χ1) is 17.2. The van der Waals surface area contributed by atoms with Crippen LogP contribution in [0, 0.1) is 0 Å². The number of methoxy groups -OCH3 is 1. The fourth-order valence-electron chi connectivity index (χ4n) is 4.14. The molecule has 3 heteroatoms. The van der Waals surface area contributed by atoms with Gasteiger partial charge in [-0.15, -0.1) is 0 Å². The number of rotatable bonds is 6. The fraction of sp³-hybridized carbons (Fsp3) is 0.0312. The van der Waals surface area contributed by atoms with Crippen molar-refractivity contribution in [1.82, 2.24) is 0 Å². The van der Waals surface area contributed by atoms with Crippen molar-refractivity contribution in [2.75, 3.05) is 7.11 Å². The molecule has 0 N–H and O–H groups in total. The maximum Gasteiger partial charge on any atom is 0.343 e. The van der Waals surface area contributed by atoms with Crippen LogP contribution in [0.4, 0.5) is 0 Å². The first-order valence-corrected chi connectivity index (χ1v) is 12.7. The highest BCUT2D eigenvalue weighted by molar-refractivity contribution is 7.97. The van der Waals surface area contributed by atoms with Crippen molar-refractivity contribution in [3.63, 3.8) is 0 Å². The summed E-state index contributed by atoms with van der Waals surface area (Å²) >= 11 is 0. The van der Waals surface area contributed by atoms with E-state index in [-0.39, 0.29) is 5.97 Å². The van der Waals surface area contributed by atoms with Gasteiger partial charge in [0.15, 0.2) is 14.7 Å². The van der Waals surface area contributed by atoms with Crippen molar-refractivity contribution in [3.05, 3.63) is 139 Å². The lowest BCUT2D eigenvalue weighted by Gasteiger charge is -2.12. The van der Waals surface area contributed by atoms with Gasteiger partial charge in [0.2, 0.25) is 0 Å². The second-order valence-electron chi connectivity index (χ2n) is 8.07. The van der Waals surface area contributed by atoms with Gasteiger partial charge in [0.05, 0.1) is 7.11 Å². The molecule has 0 radical (unpaired) electrons. The predicted molar refractivity (Wildman–Crippen MR) is 144 cm³/mol. The number of carbonyl (C=O) groups excluding carboxylic acids is 1. The van der Waals surface area contributed by atoms with E-state index in [1.54, 1.807) is 0 Å². The quantitative estimate of drug-likeness (QED) is 0.185. The van der Waals surface area contributed by atoms with E-state index >= 15 is 0 Å². The third-order valence-corrected chi connectivity index (χ3v) is 8.19. The van der Waals surface area contributed by atoms with Gasteiger partial charge in [-0.1, -0.05) is 72.8 Å². The van der Waals surface area contributed by atoms with Crippen LogP contribution in [0.25, 0.3) is 22.3 Å². The number of esters is 1. The summed E-state index contributed by atoms with van der Waals surface area (Å²) < 4.78 is 5.12. The molecule has 5 aromatic rings. The molecule has 5 rings (SSSR count). The molecule has 0 heterocycles. The van der Waals surface area contributed by atoms with Crippen LogP contribution in [0.3, 0.4) is 0 Å². The van der Waals surface area contributed by atoms with E-state index in [9.17, 15) is 4.79 Å². The minimum Gasteiger partial charge on any atom is -0.465 e. The zero-order chi connectivity index (χ0) is 24.0. The summed E-state index contributed by atoms with van der Waals surface area (Å²) in [5, 5.41) is 0. The minimum atomic E-state index is -0.479. The fourth-order valence-corrected chi connectivity index (χ4v) is 6.32. The predicted octanol–water partition coefficient (Wildman–Crippen LogP) is 7.90. The molecule has 35 heavy (non-hydrogen) atoms. The van der Waals surface area contributed by atoms with Crippen LogP contribution in [-0.2, 0) is 15.6 Å². The molecular weight excluding hydrogens is 448 g/mol. The smallest absolute Gasteiger partial charge is 0.343 e. The lowest BCUT2D eigenvalue weighted by atomic mass is 10.1. The normalized spacial score (nSPS) is 10.8. The monoisotopic (exact) mass is 473 g/mol. The van der Waals surface area contributed by atoms with Gasteiger partial charge >= 0.3 is 5.97 Å². The molecule has 0 aliphatic rings. The molecule has 5 aromatic carbocycles. The molecule has 0 bridgehead atoms. The van der Waals surface area contributed by atoms with Crippen LogP contribution in [-0.4, -0.2) is 13.1 Å². The average molecular weight is 474 g/mol. The Balaban J connectivity index is 1.60. The van der Waals surface area contributed by atoms with Crippen LogP contribution in [0.5, 0.6) is 0 Å². The van der Waals surface area contributed by atoms with Crippen molar-refractivity contribution in [2.45, 2.75) is 14.7 Å². The summed E-state index contributed by atoms with van der Waals surface area (Å²) in [6.45, 7) is 0. The lowest BCUT2D eigenvalue weighted by Crippen LogP contribution is -2.12.